The maximum Gasteiger partial charge on any atom is 0.253 e. The first-order valence-electron chi connectivity index (χ1n) is 7.06. The van der Waals surface area contributed by atoms with Crippen LogP contribution in [-0.4, -0.2) is 24.9 Å². The Balaban J connectivity index is 2.65. The minimum atomic E-state index is -0.162. The number of para-hydroxylation sites is 1. The first kappa shape index (κ1) is 16.2. The molecule has 0 aliphatic heterocycles. The van der Waals surface area contributed by atoms with E-state index in [9.17, 15) is 9.59 Å². The lowest BCUT2D eigenvalue weighted by atomic mass is 10.1. The van der Waals surface area contributed by atoms with E-state index >= 15 is 0 Å². The van der Waals surface area contributed by atoms with E-state index in [0.717, 1.165) is 19.3 Å². The minimum Gasteiger partial charge on any atom is -0.352 e. The van der Waals surface area contributed by atoms with Gasteiger partial charge in [-0.3, -0.25) is 9.59 Å². The maximum atomic E-state index is 12.0. The molecule has 1 aromatic carbocycles. The number of carbonyl (C=O) groups excluding carboxylic acids is 2. The van der Waals surface area contributed by atoms with Gasteiger partial charge in [-0.15, -0.1) is 0 Å². The molecule has 0 fully saturated rings. The summed E-state index contributed by atoms with van der Waals surface area (Å²) in [6, 6.07) is 7.03. The molecule has 1 rings (SSSR count). The number of amides is 2. The molecular weight excluding hydrogens is 254 g/mol. The number of hydrogen-bond donors (Lipinski definition) is 3. The van der Waals surface area contributed by atoms with Crippen molar-refractivity contribution in [3.05, 3.63) is 29.8 Å². The molecule has 0 saturated heterocycles. The average Bonchev–Trinajstić information content (AvgIpc) is 2.45. The van der Waals surface area contributed by atoms with Crippen molar-refractivity contribution >= 4 is 17.5 Å². The number of nitrogens with one attached hydrogen (secondary N) is 2. The molecule has 2 amide bonds. The summed E-state index contributed by atoms with van der Waals surface area (Å²) in [4.78, 5) is 23.8. The molecule has 1 aromatic rings. The van der Waals surface area contributed by atoms with Crippen LogP contribution in [-0.2, 0) is 4.79 Å². The number of benzene rings is 1. The molecule has 0 aliphatic carbocycles. The lowest BCUT2D eigenvalue weighted by Gasteiger charge is -2.11. The van der Waals surface area contributed by atoms with E-state index < -0.39 is 0 Å². The van der Waals surface area contributed by atoms with Crippen molar-refractivity contribution in [3.8, 4) is 0 Å². The predicted octanol–water partition coefficient (Wildman–Crippen LogP) is 1.89. The van der Waals surface area contributed by atoms with Gasteiger partial charge in [0.05, 0.1) is 11.3 Å². The van der Waals surface area contributed by atoms with E-state index in [2.05, 4.69) is 10.6 Å². The van der Waals surface area contributed by atoms with Crippen LogP contribution in [0, 0.1) is 0 Å². The number of anilines is 1. The normalized spacial score (nSPS) is 10.1. The molecular formula is C15H23N3O2. The molecule has 110 valence electrons. The van der Waals surface area contributed by atoms with Crippen molar-refractivity contribution in [2.24, 2.45) is 5.73 Å². The third kappa shape index (κ3) is 5.40. The third-order valence-corrected chi connectivity index (χ3v) is 2.84. The minimum absolute atomic E-state index is 0.0887. The molecule has 0 radical (unpaired) electrons. The number of carbonyl (C=O) groups is 2. The van der Waals surface area contributed by atoms with E-state index in [0.29, 0.717) is 30.8 Å². The van der Waals surface area contributed by atoms with Gasteiger partial charge < -0.3 is 16.4 Å². The third-order valence-electron chi connectivity index (χ3n) is 2.84. The summed E-state index contributed by atoms with van der Waals surface area (Å²) >= 11 is 0. The predicted molar refractivity (Wildman–Crippen MR) is 80.6 cm³/mol. The standard InChI is InChI=1S/C15H23N3O2/c1-2-11-17-15(20)12-7-3-4-8-13(12)18-14(19)9-5-6-10-16/h3-4,7-8H,2,5-6,9-11,16H2,1H3,(H,17,20)(H,18,19). The van der Waals surface area contributed by atoms with Crippen molar-refractivity contribution in [3.63, 3.8) is 0 Å². The van der Waals surface area contributed by atoms with Crippen LogP contribution >= 0.6 is 0 Å². The lowest BCUT2D eigenvalue weighted by molar-refractivity contribution is -0.116. The van der Waals surface area contributed by atoms with E-state index in [1.165, 1.54) is 0 Å². The smallest absolute Gasteiger partial charge is 0.253 e. The lowest BCUT2D eigenvalue weighted by Crippen LogP contribution is -2.25. The largest absolute Gasteiger partial charge is 0.352 e. The van der Waals surface area contributed by atoms with Gasteiger partial charge >= 0.3 is 0 Å². The van der Waals surface area contributed by atoms with Crippen LogP contribution in [0.25, 0.3) is 0 Å². The Labute approximate surface area is 119 Å². The van der Waals surface area contributed by atoms with Crippen molar-refractivity contribution in [2.75, 3.05) is 18.4 Å². The van der Waals surface area contributed by atoms with Crippen LogP contribution in [0.3, 0.4) is 0 Å². The second kappa shape index (κ2) is 9.09. The fourth-order valence-electron chi connectivity index (χ4n) is 1.77. The van der Waals surface area contributed by atoms with Crippen LogP contribution in [0.1, 0.15) is 43.0 Å². The summed E-state index contributed by atoms with van der Waals surface area (Å²) in [6.07, 6.45) is 2.88. The van der Waals surface area contributed by atoms with Crippen LogP contribution in [0.4, 0.5) is 5.69 Å². The highest BCUT2D eigenvalue weighted by Gasteiger charge is 2.12. The quantitative estimate of drug-likeness (QED) is 0.634. The Bertz CT molecular complexity index is 446. The topological polar surface area (TPSA) is 84.2 Å². The molecule has 0 spiro atoms. The summed E-state index contributed by atoms with van der Waals surface area (Å²) in [5.41, 5.74) is 6.44. The van der Waals surface area contributed by atoms with Gasteiger partial charge in [0.25, 0.3) is 5.91 Å². The molecule has 4 N–H and O–H groups in total. The van der Waals surface area contributed by atoms with Crippen LogP contribution in [0.5, 0.6) is 0 Å². The van der Waals surface area contributed by atoms with Gasteiger partial charge in [0.1, 0.15) is 0 Å². The van der Waals surface area contributed by atoms with Gasteiger partial charge in [0.15, 0.2) is 0 Å². The first-order valence-corrected chi connectivity index (χ1v) is 7.06. The number of unbranched alkanes of at least 4 members (excludes halogenated alkanes) is 1. The molecule has 0 heterocycles. The Kier molecular flexibility index (Phi) is 7.35. The Morgan fingerprint density at radius 2 is 1.95 bits per heavy atom. The van der Waals surface area contributed by atoms with Gasteiger partial charge in [-0.1, -0.05) is 19.1 Å². The summed E-state index contributed by atoms with van der Waals surface area (Å²) < 4.78 is 0. The van der Waals surface area contributed by atoms with Crippen molar-refractivity contribution in [2.45, 2.75) is 32.6 Å². The number of nitrogens with two attached hydrogens (primary N) is 1. The van der Waals surface area contributed by atoms with E-state index in [-0.39, 0.29) is 11.8 Å². The summed E-state index contributed by atoms with van der Waals surface area (Å²) in [5.74, 6) is -0.251. The van der Waals surface area contributed by atoms with Crippen molar-refractivity contribution in [1.82, 2.24) is 5.32 Å². The second-order valence-electron chi connectivity index (χ2n) is 4.60. The summed E-state index contributed by atoms with van der Waals surface area (Å²) in [5, 5.41) is 5.59. The Morgan fingerprint density at radius 3 is 2.65 bits per heavy atom. The van der Waals surface area contributed by atoms with Crippen LogP contribution < -0.4 is 16.4 Å². The monoisotopic (exact) mass is 277 g/mol. The van der Waals surface area contributed by atoms with Gasteiger partial charge in [-0.2, -0.15) is 0 Å². The second-order valence-corrected chi connectivity index (χ2v) is 4.60. The molecule has 20 heavy (non-hydrogen) atoms. The zero-order valence-corrected chi connectivity index (χ0v) is 11.9. The SMILES string of the molecule is CCCNC(=O)c1ccccc1NC(=O)CCCCN. The Hall–Kier alpha value is -1.88. The average molecular weight is 277 g/mol. The van der Waals surface area contributed by atoms with Crippen LogP contribution in [0.15, 0.2) is 24.3 Å². The van der Waals surface area contributed by atoms with Gasteiger partial charge in [0, 0.05) is 13.0 Å². The summed E-state index contributed by atoms with van der Waals surface area (Å²) in [6.45, 7) is 3.20. The maximum absolute atomic E-state index is 12.0. The highest BCUT2D eigenvalue weighted by Crippen LogP contribution is 2.15. The number of hydrogen-bond acceptors (Lipinski definition) is 3. The zero-order valence-electron chi connectivity index (χ0n) is 11.9. The molecule has 0 aromatic heterocycles. The molecule has 0 saturated carbocycles. The molecule has 0 unspecified atom stereocenters. The molecule has 0 aliphatic rings. The highest BCUT2D eigenvalue weighted by molar-refractivity contribution is 6.03. The van der Waals surface area contributed by atoms with Gasteiger partial charge in [-0.05, 0) is 37.9 Å². The zero-order chi connectivity index (χ0) is 14.8. The fraction of sp³-hybridized carbons (Fsp3) is 0.467. The number of rotatable bonds is 8. The van der Waals surface area contributed by atoms with E-state index in [1.54, 1.807) is 24.3 Å². The highest BCUT2D eigenvalue weighted by atomic mass is 16.2. The van der Waals surface area contributed by atoms with Crippen molar-refractivity contribution < 1.29 is 9.59 Å². The van der Waals surface area contributed by atoms with Gasteiger partial charge in [0.2, 0.25) is 5.91 Å². The Morgan fingerprint density at radius 1 is 1.20 bits per heavy atom. The van der Waals surface area contributed by atoms with Crippen LogP contribution in [0.2, 0.25) is 0 Å². The molecule has 5 nitrogen and oxygen atoms in total. The van der Waals surface area contributed by atoms with Gasteiger partial charge in [-0.25, -0.2) is 0 Å². The van der Waals surface area contributed by atoms with Crippen molar-refractivity contribution in [1.29, 1.82) is 0 Å². The fourth-order valence-corrected chi connectivity index (χ4v) is 1.77. The molecule has 5 heteroatoms. The first-order chi connectivity index (χ1) is 9.69. The van der Waals surface area contributed by atoms with E-state index in [4.69, 9.17) is 5.73 Å². The summed E-state index contributed by atoms with van der Waals surface area (Å²) in [7, 11) is 0. The van der Waals surface area contributed by atoms with E-state index in [1.807, 2.05) is 6.92 Å². The molecule has 0 atom stereocenters. The molecule has 0 bridgehead atoms.